The third-order valence-corrected chi connectivity index (χ3v) is 8.13. The highest BCUT2D eigenvalue weighted by Gasteiger charge is 2.46. The lowest BCUT2D eigenvalue weighted by Gasteiger charge is -2.36. The topological polar surface area (TPSA) is 91.0 Å². The van der Waals surface area contributed by atoms with Crippen molar-refractivity contribution in [2.75, 3.05) is 20.6 Å². The first-order valence-corrected chi connectivity index (χ1v) is 14.3. The van der Waals surface area contributed by atoms with E-state index in [1.54, 1.807) is 16.7 Å². The van der Waals surface area contributed by atoms with Crippen molar-refractivity contribution >= 4 is 17.7 Å². The van der Waals surface area contributed by atoms with Crippen LogP contribution >= 0.6 is 0 Å². The van der Waals surface area contributed by atoms with Gasteiger partial charge in [0.25, 0.3) is 0 Å². The number of nitrogens with zero attached hydrogens (tertiary/aromatic N) is 2. The van der Waals surface area contributed by atoms with E-state index in [0.29, 0.717) is 12.2 Å². The van der Waals surface area contributed by atoms with Crippen LogP contribution in [0, 0.1) is 5.41 Å². The number of benzene rings is 2. The normalized spacial score (nSPS) is 22.3. The maximum Gasteiger partial charge on any atom is 0.246 e. The summed E-state index contributed by atoms with van der Waals surface area (Å²) in [6.45, 7) is 7.85. The van der Waals surface area contributed by atoms with Gasteiger partial charge in [0.15, 0.2) is 0 Å². The second kappa shape index (κ2) is 12.4. The van der Waals surface area contributed by atoms with Gasteiger partial charge in [0.1, 0.15) is 23.9 Å². The van der Waals surface area contributed by atoms with Gasteiger partial charge in [-0.05, 0) is 69.0 Å². The molecular formula is C32H44N4O4. The van der Waals surface area contributed by atoms with Crippen LogP contribution in [-0.4, -0.2) is 72.4 Å². The maximum absolute atomic E-state index is 14.2. The molecule has 1 heterocycles. The van der Waals surface area contributed by atoms with Crippen molar-refractivity contribution in [3.05, 3.63) is 65.7 Å². The van der Waals surface area contributed by atoms with E-state index >= 15 is 0 Å². The monoisotopic (exact) mass is 548 g/mol. The number of likely N-dealkylation sites (N-methyl/N-ethyl adjacent to an activating group) is 1. The molecule has 0 radical (unpaired) electrons. The van der Waals surface area contributed by atoms with Crippen molar-refractivity contribution in [1.29, 1.82) is 0 Å². The Morgan fingerprint density at radius 2 is 1.70 bits per heavy atom. The van der Waals surface area contributed by atoms with Crippen molar-refractivity contribution in [3.8, 4) is 5.75 Å². The Kier molecular flexibility index (Phi) is 9.19. The first kappa shape index (κ1) is 29.6. The lowest BCUT2D eigenvalue weighted by atomic mass is 9.85. The second-order valence-electron chi connectivity index (χ2n) is 12.4. The van der Waals surface area contributed by atoms with Crippen molar-refractivity contribution < 1.29 is 19.1 Å². The van der Waals surface area contributed by atoms with Crippen LogP contribution < -0.4 is 15.4 Å². The molecule has 3 amide bonds. The Labute approximate surface area is 238 Å². The smallest absolute Gasteiger partial charge is 0.246 e. The zero-order valence-electron chi connectivity index (χ0n) is 24.6. The molecule has 8 heteroatoms. The number of fused-ring (bicyclic) bond motifs is 1. The van der Waals surface area contributed by atoms with Gasteiger partial charge in [-0.3, -0.25) is 19.3 Å². The fourth-order valence-corrected chi connectivity index (χ4v) is 5.55. The number of aryl methyl sites for hydroxylation is 1. The molecule has 1 fully saturated rings. The lowest BCUT2D eigenvalue weighted by molar-refractivity contribution is -0.144. The van der Waals surface area contributed by atoms with Gasteiger partial charge in [-0.1, -0.05) is 63.2 Å². The van der Waals surface area contributed by atoms with Crippen molar-refractivity contribution in [2.45, 2.75) is 83.6 Å². The highest BCUT2D eigenvalue weighted by atomic mass is 16.5. The van der Waals surface area contributed by atoms with E-state index in [9.17, 15) is 14.4 Å². The van der Waals surface area contributed by atoms with Crippen LogP contribution in [0.3, 0.4) is 0 Å². The van der Waals surface area contributed by atoms with E-state index < -0.39 is 23.5 Å². The lowest BCUT2D eigenvalue weighted by Crippen LogP contribution is -2.59. The number of amides is 3. The van der Waals surface area contributed by atoms with Gasteiger partial charge in [-0.25, -0.2) is 0 Å². The summed E-state index contributed by atoms with van der Waals surface area (Å²) in [6.07, 6.45) is 2.88. The molecule has 2 aromatic carbocycles. The second-order valence-corrected chi connectivity index (χ2v) is 12.4. The molecule has 0 spiro atoms. The molecule has 2 N–H and O–H groups in total. The highest BCUT2D eigenvalue weighted by molar-refractivity contribution is 5.94. The molecule has 1 aliphatic carbocycles. The molecule has 216 valence electrons. The minimum Gasteiger partial charge on any atom is -0.488 e. The summed E-state index contributed by atoms with van der Waals surface area (Å²) >= 11 is 0. The number of carbonyl (C=O) groups is 3. The number of rotatable bonds is 8. The molecule has 4 rings (SSSR count). The molecule has 8 nitrogen and oxygen atoms in total. The number of hydrogen-bond donors (Lipinski definition) is 2. The average molecular weight is 549 g/mol. The fourth-order valence-electron chi connectivity index (χ4n) is 5.55. The average Bonchev–Trinajstić information content (AvgIpc) is 3.34. The molecule has 40 heavy (non-hydrogen) atoms. The summed E-state index contributed by atoms with van der Waals surface area (Å²) in [5, 5.41) is 6.24. The summed E-state index contributed by atoms with van der Waals surface area (Å²) in [4.78, 5) is 44.5. The molecule has 2 unspecified atom stereocenters. The van der Waals surface area contributed by atoms with E-state index in [1.807, 2.05) is 77.3 Å². The summed E-state index contributed by atoms with van der Waals surface area (Å²) < 4.78 is 6.23. The third kappa shape index (κ3) is 6.84. The van der Waals surface area contributed by atoms with Gasteiger partial charge in [0.2, 0.25) is 17.7 Å². The molecule has 2 aromatic rings. The predicted octanol–water partition coefficient (Wildman–Crippen LogP) is 3.71. The minimum absolute atomic E-state index is 0.0949. The molecule has 0 bridgehead atoms. The molecule has 1 saturated heterocycles. The predicted molar refractivity (Wildman–Crippen MR) is 156 cm³/mol. The summed E-state index contributed by atoms with van der Waals surface area (Å²) in [5.41, 5.74) is 1.84. The number of carbonyl (C=O) groups excluding carboxylic acids is 3. The van der Waals surface area contributed by atoms with Gasteiger partial charge in [0, 0.05) is 6.42 Å². The van der Waals surface area contributed by atoms with Crippen LogP contribution in [0.1, 0.15) is 64.1 Å². The molecule has 5 atom stereocenters. The quantitative estimate of drug-likeness (QED) is 0.525. The van der Waals surface area contributed by atoms with E-state index in [0.717, 1.165) is 24.8 Å². The minimum atomic E-state index is -0.802. The van der Waals surface area contributed by atoms with Crippen LogP contribution in [0.4, 0.5) is 0 Å². The van der Waals surface area contributed by atoms with Crippen LogP contribution in [-0.2, 0) is 20.8 Å². The fraction of sp³-hybridized carbons (Fsp3) is 0.531. The number of ether oxygens (including phenoxy) is 1. The van der Waals surface area contributed by atoms with Crippen LogP contribution in [0.25, 0.3) is 0 Å². The standard InChI is InChI=1S/C32H44N4O4/c1-21(35(5)6)29(37)34-28(32(2,3)4)31(39)36-20-24(40-23-15-8-7-9-16-23)19-27(36)30(38)33-26-18-12-14-22-13-10-11-17-25(22)26/h7-11,13,15-17,21,24,26-28H,12,14,18-20H2,1-6H3,(H,33,38)(H,34,37)/t21?,24-,26?,27-,28+/m0/s1. The van der Waals surface area contributed by atoms with Gasteiger partial charge in [0.05, 0.1) is 18.6 Å². The Balaban J connectivity index is 1.59. The number of para-hydroxylation sites is 1. The van der Waals surface area contributed by atoms with E-state index in [-0.39, 0.29) is 36.4 Å². The SMILES string of the molecule is CC(C(=O)N[C@H](C(=O)N1C[C@@H](Oc2ccccc2)C[C@H]1C(=O)NC1CCCc2ccccc21)C(C)(C)C)N(C)C. The van der Waals surface area contributed by atoms with E-state index in [4.69, 9.17) is 4.74 Å². The van der Waals surface area contributed by atoms with E-state index in [1.165, 1.54) is 5.56 Å². The van der Waals surface area contributed by atoms with Crippen molar-refractivity contribution in [2.24, 2.45) is 5.41 Å². The summed E-state index contributed by atoms with van der Waals surface area (Å²) in [6, 6.07) is 15.7. The zero-order chi connectivity index (χ0) is 29.0. The number of hydrogen-bond acceptors (Lipinski definition) is 5. The molecule has 0 saturated carbocycles. The zero-order valence-corrected chi connectivity index (χ0v) is 24.6. The molecule has 1 aliphatic heterocycles. The van der Waals surface area contributed by atoms with Crippen LogP contribution in [0.15, 0.2) is 54.6 Å². The van der Waals surface area contributed by atoms with Crippen molar-refractivity contribution in [1.82, 2.24) is 20.4 Å². The van der Waals surface area contributed by atoms with Gasteiger partial charge in [-0.15, -0.1) is 0 Å². The van der Waals surface area contributed by atoms with Gasteiger partial charge in [-0.2, -0.15) is 0 Å². The molecule has 2 aliphatic rings. The number of nitrogens with one attached hydrogen (secondary N) is 2. The summed E-state index contributed by atoms with van der Waals surface area (Å²) in [7, 11) is 3.65. The Morgan fingerprint density at radius 3 is 2.38 bits per heavy atom. The van der Waals surface area contributed by atoms with E-state index in [2.05, 4.69) is 22.8 Å². The Hall–Kier alpha value is -3.39. The Bertz CT molecular complexity index is 1190. The first-order chi connectivity index (χ1) is 19.0. The molecular weight excluding hydrogens is 504 g/mol. The first-order valence-electron chi connectivity index (χ1n) is 14.3. The third-order valence-electron chi connectivity index (χ3n) is 8.13. The number of likely N-dealkylation sites (tertiary alicyclic amines) is 1. The van der Waals surface area contributed by atoms with Crippen molar-refractivity contribution in [3.63, 3.8) is 0 Å². The largest absolute Gasteiger partial charge is 0.488 e. The maximum atomic E-state index is 14.2. The summed E-state index contributed by atoms with van der Waals surface area (Å²) in [5.74, 6) is 0.0158. The highest BCUT2D eigenvalue weighted by Crippen LogP contribution is 2.32. The molecule has 0 aromatic heterocycles. The Morgan fingerprint density at radius 1 is 1.02 bits per heavy atom. The van der Waals surface area contributed by atoms with Crippen LogP contribution in [0.5, 0.6) is 5.75 Å². The van der Waals surface area contributed by atoms with Gasteiger partial charge >= 0.3 is 0 Å². The van der Waals surface area contributed by atoms with Gasteiger partial charge < -0.3 is 20.3 Å². The van der Waals surface area contributed by atoms with Crippen LogP contribution in [0.2, 0.25) is 0 Å².